The van der Waals surface area contributed by atoms with Gasteiger partial charge in [0, 0.05) is 36.2 Å². The number of amides is 2. The first-order valence-electron chi connectivity index (χ1n) is 10.1. The zero-order valence-corrected chi connectivity index (χ0v) is 16.9. The van der Waals surface area contributed by atoms with Crippen molar-refractivity contribution in [2.75, 3.05) is 24.7 Å². The summed E-state index contributed by atoms with van der Waals surface area (Å²) in [5.74, 6) is 0.782. The molecule has 2 aliphatic rings. The van der Waals surface area contributed by atoms with Crippen LogP contribution in [0.1, 0.15) is 18.1 Å². The summed E-state index contributed by atoms with van der Waals surface area (Å²) in [6, 6.07) is 15.3. The van der Waals surface area contributed by atoms with Gasteiger partial charge >= 0.3 is 6.03 Å². The fraction of sp³-hybridized carbons (Fsp3) is 0.261. The Bertz CT molecular complexity index is 969. The van der Waals surface area contributed by atoms with Crippen LogP contribution in [0.25, 0.3) is 5.70 Å². The second-order valence-corrected chi connectivity index (χ2v) is 7.03. The largest absolute Gasteiger partial charge is 0.491 e. The predicted molar refractivity (Wildman–Crippen MR) is 117 cm³/mol. The maximum Gasteiger partial charge on any atom is 0.327 e. The van der Waals surface area contributed by atoms with Crippen LogP contribution < -0.4 is 26.0 Å². The summed E-state index contributed by atoms with van der Waals surface area (Å²) in [5, 5.41) is 6.37. The highest BCUT2D eigenvalue weighted by molar-refractivity contribution is 5.96. The lowest BCUT2D eigenvalue weighted by Gasteiger charge is -2.29. The molecule has 0 fully saturated rings. The predicted octanol–water partition coefficient (Wildman–Crippen LogP) is 2.94. The van der Waals surface area contributed by atoms with E-state index in [1.165, 1.54) is 0 Å². The summed E-state index contributed by atoms with van der Waals surface area (Å²) in [7, 11) is 0. The monoisotopic (exact) mass is 406 g/mol. The van der Waals surface area contributed by atoms with Crippen molar-refractivity contribution in [2.24, 2.45) is 5.73 Å². The molecule has 0 bridgehead atoms. The fourth-order valence-corrected chi connectivity index (χ4v) is 3.43. The molecule has 1 atom stereocenters. The lowest BCUT2D eigenvalue weighted by Crippen LogP contribution is -2.51. The number of carbonyl (C=O) groups is 1. The number of fused-ring (bicyclic) bond motifs is 1. The van der Waals surface area contributed by atoms with Gasteiger partial charge in [0.2, 0.25) is 0 Å². The Balaban J connectivity index is 1.51. The maximum atomic E-state index is 12.6. The van der Waals surface area contributed by atoms with Crippen molar-refractivity contribution in [2.45, 2.75) is 19.6 Å². The molecule has 2 amide bonds. The molecule has 0 radical (unpaired) electrons. The summed E-state index contributed by atoms with van der Waals surface area (Å²) in [5.41, 5.74) is 10.4. The minimum Gasteiger partial charge on any atom is -0.491 e. The smallest absolute Gasteiger partial charge is 0.327 e. The van der Waals surface area contributed by atoms with Crippen LogP contribution in [-0.2, 0) is 11.3 Å². The van der Waals surface area contributed by atoms with E-state index in [9.17, 15) is 4.79 Å². The Morgan fingerprint density at radius 3 is 2.70 bits per heavy atom. The average Bonchev–Trinajstić information content (AvgIpc) is 3.19. The first-order chi connectivity index (χ1) is 14.7. The molecule has 2 aliphatic heterocycles. The first kappa shape index (κ1) is 20.0. The van der Waals surface area contributed by atoms with E-state index in [0.717, 1.165) is 33.8 Å². The van der Waals surface area contributed by atoms with Crippen LogP contribution >= 0.6 is 0 Å². The van der Waals surface area contributed by atoms with Gasteiger partial charge in [-0.15, -0.1) is 0 Å². The van der Waals surface area contributed by atoms with Crippen LogP contribution in [0.15, 0.2) is 66.4 Å². The van der Waals surface area contributed by atoms with Crippen molar-refractivity contribution in [3.8, 4) is 5.75 Å². The molecule has 0 aliphatic carbocycles. The minimum absolute atomic E-state index is 0.181. The zero-order valence-electron chi connectivity index (χ0n) is 16.9. The number of anilines is 1. The molecule has 2 aromatic rings. The highest BCUT2D eigenvalue weighted by Crippen LogP contribution is 2.29. The van der Waals surface area contributed by atoms with Gasteiger partial charge in [-0.25, -0.2) is 4.79 Å². The summed E-state index contributed by atoms with van der Waals surface area (Å²) < 4.78 is 11.1. The molecule has 4 rings (SSSR count). The summed E-state index contributed by atoms with van der Waals surface area (Å²) in [6.07, 6.45) is 3.66. The van der Waals surface area contributed by atoms with Crippen LogP contribution in [0, 0.1) is 0 Å². The number of carbonyl (C=O) groups excluding carboxylic acids is 1. The first-order valence-corrected chi connectivity index (χ1v) is 10.1. The van der Waals surface area contributed by atoms with Gasteiger partial charge < -0.3 is 25.8 Å². The van der Waals surface area contributed by atoms with Crippen molar-refractivity contribution in [3.05, 3.63) is 77.5 Å². The molecule has 0 saturated carbocycles. The van der Waals surface area contributed by atoms with E-state index >= 15 is 0 Å². The number of nitrogens with zero attached hydrogens (tertiary/aromatic N) is 1. The molecule has 7 nitrogen and oxygen atoms in total. The average molecular weight is 406 g/mol. The van der Waals surface area contributed by atoms with E-state index in [0.29, 0.717) is 26.4 Å². The Hall–Kier alpha value is -3.29. The molecule has 0 spiro atoms. The zero-order chi connectivity index (χ0) is 20.9. The standard InChI is InChI=1S/C23H26N4O3/c1-2-29-10-11-30-20-5-3-4-17(12-20)21-13-18-15-27(23(28)26-22(18)25-21)19-8-6-16(14-24)7-9-19/h3-9,12-13,15,22,25H,2,10-11,14,24H2,1H3,(H,26,28). The molecule has 2 heterocycles. The van der Waals surface area contributed by atoms with Gasteiger partial charge in [-0.1, -0.05) is 24.3 Å². The third kappa shape index (κ3) is 4.32. The van der Waals surface area contributed by atoms with Gasteiger partial charge in [0.05, 0.1) is 12.3 Å². The minimum atomic E-state index is -0.255. The van der Waals surface area contributed by atoms with Crippen LogP contribution in [-0.4, -0.2) is 32.0 Å². The molecule has 7 heteroatoms. The van der Waals surface area contributed by atoms with Crippen molar-refractivity contribution >= 4 is 17.4 Å². The number of nitrogens with two attached hydrogens (primary N) is 1. The number of ether oxygens (including phenoxy) is 2. The van der Waals surface area contributed by atoms with Gasteiger partial charge in [-0.05, 0) is 42.8 Å². The molecule has 0 aromatic heterocycles. The van der Waals surface area contributed by atoms with E-state index in [2.05, 4.69) is 10.6 Å². The van der Waals surface area contributed by atoms with E-state index < -0.39 is 0 Å². The topological polar surface area (TPSA) is 88.8 Å². The summed E-state index contributed by atoms with van der Waals surface area (Å²) >= 11 is 0. The lowest BCUT2D eigenvalue weighted by molar-refractivity contribution is 0.110. The molecule has 4 N–H and O–H groups in total. The molecule has 30 heavy (non-hydrogen) atoms. The van der Waals surface area contributed by atoms with Crippen molar-refractivity contribution in [1.29, 1.82) is 0 Å². The van der Waals surface area contributed by atoms with Crippen LogP contribution in [0.4, 0.5) is 10.5 Å². The fourth-order valence-electron chi connectivity index (χ4n) is 3.43. The van der Waals surface area contributed by atoms with Crippen LogP contribution in [0.3, 0.4) is 0 Å². The number of hydrogen-bond acceptors (Lipinski definition) is 5. The van der Waals surface area contributed by atoms with Gasteiger partial charge in [0.25, 0.3) is 0 Å². The number of hydrogen-bond donors (Lipinski definition) is 3. The quantitative estimate of drug-likeness (QED) is 0.587. The number of benzene rings is 2. The second-order valence-electron chi connectivity index (χ2n) is 7.03. The molecular weight excluding hydrogens is 380 g/mol. The third-order valence-electron chi connectivity index (χ3n) is 5.00. The summed E-state index contributed by atoms with van der Waals surface area (Å²) in [4.78, 5) is 14.2. The number of rotatable bonds is 8. The maximum absolute atomic E-state index is 12.6. The van der Waals surface area contributed by atoms with Gasteiger partial charge in [-0.3, -0.25) is 4.90 Å². The molecule has 0 saturated heterocycles. The highest BCUT2D eigenvalue weighted by Gasteiger charge is 2.31. The number of urea groups is 1. The molecule has 156 valence electrons. The highest BCUT2D eigenvalue weighted by atomic mass is 16.5. The Kier molecular flexibility index (Phi) is 6.02. The van der Waals surface area contributed by atoms with E-state index in [-0.39, 0.29) is 12.2 Å². The lowest BCUT2D eigenvalue weighted by atomic mass is 10.1. The van der Waals surface area contributed by atoms with Gasteiger partial charge in [-0.2, -0.15) is 0 Å². The normalized spacial score (nSPS) is 17.6. The van der Waals surface area contributed by atoms with E-state index in [4.69, 9.17) is 15.2 Å². The van der Waals surface area contributed by atoms with E-state index in [1.54, 1.807) is 4.90 Å². The van der Waals surface area contributed by atoms with Crippen LogP contribution in [0.2, 0.25) is 0 Å². The van der Waals surface area contributed by atoms with Gasteiger partial charge in [0.15, 0.2) is 0 Å². The molecule has 1 unspecified atom stereocenters. The number of nitrogens with one attached hydrogen (secondary N) is 2. The van der Waals surface area contributed by atoms with E-state index in [1.807, 2.05) is 67.7 Å². The van der Waals surface area contributed by atoms with Crippen molar-refractivity contribution in [3.63, 3.8) is 0 Å². The van der Waals surface area contributed by atoms with Crippen LogP contribution in [0.5, 0.6) is 5.75 Å². The Morgan fingerprint density at radius 2 is 1.93 bits per heavy atom. The second kappa shape index (κ2) is 9.02. The van der Waals surface area contributed by atoms with Gasteiger partial charge in [0.1, 0.15) is 18.5 Å². The molecular formula is C23H26N4O3. The Morgan fingerprint density at radius 1 is 1.10 bits per heavy atom. The van der Waals surface area contributed by atoms with Crippen molar-refractivity contribution < 1.29 is 14.3 Å². The van der Waals surface area contributed by atoms with Crippen molar-refractivity contribution in [1.82, 2.24) is 10.6 Å². The summed E-state index contributed by atoms with van der Waals surface area (Å²) in [6.45, 7) is 4.18. The SMILES string of the molecule is CCOCCOc1cccc(C2=CC3=CN(c4ccc(CN)cc4)C(=O)NC3N2)c1. The Labute approximate surface area is 176 Å². The third-order valence-corrected chi connectivity index (χ3v) is 5.00. The molecule has 2 aromatic carbocycles.